The second-order valence-corrected chi connectivity index (χ2v) is 7.79. The number of rotatable bonds is 4. The van der Waals surface area contributed by atoms with Crippen LogP contribution < -0.4 is 10.7 Å². The van der Waals surface area contributed by atoms with Crippen molar-refractivity contribution in [3.05, 3.63) is 62.8 Å². The fraction of sp³-hybridized carbons (Fsp3) is 0.381. The third kappa shape index (κ3) is 3.72. The molecule has 0 spiro atoms. The third-order valence-corrected chi connectivity index (χ3v) is 5.89. The number of aromatic nitrogens is 1. The van der Waals surface area contributed by atoms with Crippen LogP contribution in [0, 0.1) is 17.5 Å². The van der Waals surface area contributed by atoms with Gasteiger partial charge in [0.2, 0.25) is 5.43 Å². The minimum Gasteiger partial charge on any atom is -0.503 e. The van der Waals surface area contributed by atoms with Crippen molar-refractivity contribution in [1.82, 2.24) is 14.8 Å². The number of ether oxygens (including phenoxy) is 1. The molecule has 2 unspecified atom stereocenters. The monoisotopic (exact) mass is 451 g/mol. The van der Waals surface area contributed by atoms with E-state index in [0.29, 0.717) is 38.1 Å². The van der Waals surface area contributed by atoms with Gasteiger partial charge >= 0.3 is 0 Å². The maximum absolute atomic E-state index is 13.8. The molecule has 32 heavy (non-hydrogen) atoms. The number of carbonyl (C=O) groups excluding carboxylic acids is 2. The Morgan fingerprint density at radius 1 is 1.25 bits per heavy atom. The van der Waals surface area contributed by atoms with Crippen LogP contribution in [0.15, 0.2) is 23.1 Å². The Balaban J connectivity index is 1.67. The highest BCUT2D eigenvalue weighted by Crippen LogP contribution is 2.32. The number of hydrogen-bond donors (Lipinski definition) is 2. The highest BCUT2D eigenvalue weighted by atomic mass is 19.1. The summed E-state index contributed by atoms with van der Waals surface area (Å²) in [5.41, 5.74) is -2.37. The van der Waals surface area contributed by atoms with Crippen LogP contribution in [0.3, 0.4) is 0 Å². The SMILES string of the molecule is COC1CCN2CC(C1)n1cc(C(=O)NCc3c(F)cc(F)cc3F)c(=O)c(O)c1C2=O. The summed E-state index contributed by atoms with van der Waals surface area (Å²) in [5.74, 6) is -5.90. The van der Waals surface area contributed by atoms with E-state index < -0.39 is 58.1 Å². The molecule has 1 saturated heterocycles. The lowest BCUT2D eigenvalue weighted by Crippen LogP contribution is -2.44. The van der Waals surface area contributed by atoms with Gasteiger partial charge in [-0.05, 0) is 12.8 Å². The van der Waals surface area contributed by atoms with E-state index in [1.807, 2.05) is 0 Å². The van der Waals surface area contributed by atoms with Crippen molar-refractivity contribution in [2.24, 2.45) is 0 Å². The van der Waals surface area contributed by atoms with E-state index in [9.17, 15) is 32.7 Å². The standard InChI is InChI=1S/C21H20F3N3O5/c1-32-12-2-3-26-8-11(6-12)27-9-14(18(28)19(29)17(27)21(26)31)20(30)25-7-13-15(23)4-10(22)5-16(13)24/h4-5,9,11-12,29H,2-3,6-8H2,1H3,(H,25,30). The van der Waals surface area contributed by atoms with Gasteiger partial charge in [-0.2, -0.15) is 0 Å². The molecule has 3 heterocycles. The van der Waals surface area contributed by atoms with E-state index in [1.54, 1.807) is 7.11 Å². The molecule has 2 aliphatic heterocycles. The van der Waals surface area contributed by atoms with Crippen molar-refractivity contribution in [3.8, 4) is 5.75 Å². The fourth-order valence-electron chi connectivity index (χ4n) is 4.18. The predicted octanol–water partition coefficient (Wildman–Crippen LogP) is 1.71. The number of nitrogens with zero attached hydrogens (tertiary/aromatic N) is 2. The number of hydrogen-bond acceptors (Lipinski definition) is 5. The zero-order valence-electron chi connectivity index (χ0n) is 17.0. The first-order valence-electron chi connectivity index (χ1n) is 9.93. The summed E-state index contributed by atoms with van der Waals surface area (Å²) in [5, 5.41) is 12.7. The van der Waals surface area contributed by atoms with Gasteiger partial charge < -0.3 is 24.6 Å². The van der Waals surface area contributed by atoms with Gasteiger partial charge in [0.25, 0.3) is 11.8 Å². The molecule has 1 aromatic heterocycles. The number of amides is 2. The smallest absolute Gasteiger partial charge is 0.274 e. The van der Waals surface area contributed by atoms with E-state index in [2.05, 4.69) is 5.32 Å². The van der Waals surface area contributed by atoms with Gasteiger partial charge in [0.1, 0.15) is 23.0 Å². The van der Waals surface area contributed by atoms with Crippen LogP contribution in [-0.4, -0.2) is 52.7 Å². The minimum atomic E-state index is -1.19. The fourth-order valence-corrected chi connectivity index (χ4v) is 4.18. The summed E-state index contributed by atoms with van der Waals surface area (Å²) >= 11 is 0. The molecule has 2 atom stereocenters. The van der Waals surface area contributed by atoms with Gasteiger partial charge in [-0.1, -0.05) is 0 Å². The van der Waals surface area contributed by atoms with E-state index in [1.165, 1.54) is 15.7 Å². The van der Waals surface area contributed by atoms with Gasteiger partial charge in [-0.3, -0.25) is 14.4 Å². The molecule has 0 saturated carbocycles. The Morgan fingerprint density at radius 2 is 1.94 bits per heavy atom. The number of pyridine rings is 1. The third-order valence-electron chi connectivity index (χ3n) is 5.89. The second-order valence-electron chi connectivity index (χ2n) is 7.79. The van der Waals surface area contributed by atoms with Crippen molar-refractivity contribution in [2.45, 2.75) is 31.5 Å². The maximum atomic E-state index is 13.8. The Hall–Kier alpha value is -3.34. The van der Waals surface area contributed by atoms with Gasteiger partial charge in [0.15, 0.2) is 11.4 Å². The molecule has 170 valence electrons. The first-order valence-corrected chi connectivity index (χ1v) is 9.93. The molecule has 2 N–H and O–H groups in total. The molecular formula is C21H20F3N3O5. The van der Waals surface area contributed by atoms with Crippen LogP contribution in [0.5, 0.6) is 5.75 Å². The lowest BCUT2D eigenvalue weighted by Gasteiger charge is -2.34. The lowest BCUT2D eigenvalue weighted by molar-refractivity contribution is 0.0677. The van der Waals surface area contributed by atoms with E-state index in [4.69, 9.17) is 4.74 Å². The first kappa shape index (κ1) is 21.9. The molecule has 0 aliphatic carbocycles. The number of fused-ring (bicyclic) bond motifs is 4. The van der Waals surface area contributed by atoms with Crippen molar-refractivity contribution in [1.29, 1.82) is 0 Å². The van der Waals surface area contributed by atoms with E-state index >= 15 is 0 Å². The number of nitrogens with one attached hydrogen (secondary N) is 1. The van der Waals surface area contributed by atoms with E-state index in [0.717, 1.165) is 0 Å². The number of halogens is 3. The lowest BCUT2D eigenvalue weighted by atomic mass is 10.0. The van der Waals surface area contributed by atoms with Crippen LogP contribution in [-0.2, 0) is 11.3 Å². The Morgan fingerprint density at radius 3 is 2.59 bits per heavy atom. The zero-order valence-corrected chi connectivity index (χ0v) is 17.0. The Bertz CT molecular complexity index is 1140. The van der Waals surface area contributed by atoms with Crippen molar-refractivity contribution in [3.63, 3.8) is 0 Å². The normalized spacial score (nSPS) is 20.0. The van der Waals surface area contributed by atoms with Crippen LogP contribution in [0.4, 0.5) is 13.2 Å². The highest BCUT2D eigenvalue weighted by Gasteiger charge is 2.38. The molecule has 1 aromatic carbocycles. The summed E-state index contributed by atoms with van der Waals surface area (Å²) in [4.78, 5) is 39.6. The zero-order chi connectivity index (χ0) is 23.2. The molecule has 4 rings (SSSR count). The number of carbonyl (C=O) groups is 2. The molecule has 2 bridgehead atoms. The quantitative estimate of drug-likeness (QED) is 0.737. The van der Waals surface area contributed by atoms with Crippen LogP contribution >= 0.6 is 0 Å². The van der Waals surface area contributed by atoms with Gasteiger partial charge in [0.05, 0.1) is 12.1 Å². The number of methoxy groups -OCH3 is 1. The van der Waals surface area contributed by atoms with Crippen LogP contribution in [0.2, 0.25) is 0 Å². The topological polar surface area (TPSA) is 101 Å². The molecule has 0 radical (unpaired) electrons. The molecule has 2 aliphatic rings. The molecular weight excluding hydrogens is 431 g/mol. The molecule has 2 aromatic rings. The van der Waals surface area contributed by atoms with Gasteiger partial charge in [-0.25, -0.2) is 13.2 Å². The Labute approximate surface area is 180 Å². The Kier molecular flexibility index (Phi) is 5.68. The number of benzene rings is 1. The average Bonchev–Trinajstić information content (AvgIpc) is 2.94. The summed E-state index contributed by atoms with van der Waals surface area (Å²) in [6.07, 6.45) is 2.08. The summed E-state index contributed by atoms with van der Waals surface area (Å²) in [6.45, 7) is 0.0696. The van der Waals surface area contributed by atoms with Crippen LogP contribution in [0.1, 0.15) is 45.3 Å². The summed E-state index contributed by atoms with van der Waals surface area (Å²) < 4.78 is 47.6. The first-order chi connectivity index (χ1) is 15.2. The van der Waals surface area contributed by atoms with Gasteiger partial charge in [-0.15, -0.1) is 0 Å². The van der Waals surface area contributed by atoms with Gasteiger partial charge in [0, 0.05) is 50.6 Å². The summed E-state index contributed by atoms with van der Waals surface area (Å²) in [7, 11) is 1.55. The summed E-state index contributed by atoms with van der Waals surface area (Å²) in [6, 6.07) is 0.597. The average molecular weight is 451 g/mol. The van der Waals surface area contributed by atoms with Crippen molar-refractivity contribution < 1.29 is 32.6 Å². The highest BCUT2D eigenvalue weighted by molar-refractivity contribution is 5.99. The number of aromatic hydroxyl groups is 1. The molecule has 11 heteroatoms. The molecule has 8 nitrogen and oxygen atoms in total. The largest absolute Gasteiger partial charge is 0.503 e. The van der Waals surface area contributed by atoms with Crippen molar-refractivity contribution in [2.75, 3.05) is 20.2 Å². The maximum Gasteiger partial charge on any atom is 0.274 e. The van der Waals surface area contributed by atoms with E-state index in [-0.39, 0.29) is 17.8 Å². The van der Waals surface area contributed by atoms with Crippen LogP contribution in [0.25, 0.3) is 0 Å². The van der Waals surface area contributed by atoms with Crippen molar-refractivity contribution >= 4 is 11.8 Å². The molecule has 2 amide bonds. The predicted molar refractivity (Wildman–Crippen MR) is 105 cm³/mol. The second kappa shape index (κ2) is 8.30. The minimum absolute atomic E-state index is 0.160. The molecule has 1 fully saturated rings.